The van der Waals surface area contributed by atoms with Gasteiger partial charge in [-0.15, -0.1) is 10.2 Å². The minimum atomic E-state index is -0.868. The predicted octanol–water partition coefficient (Wildman–Crippen LogP) is 5.23. The molecule has 1 amide bonds. The summed E-state index contributed by atoms with van der Waals surface area (Å²) in [6.07, 6.45) is 0. The lowest BCUT2D eigenvalue weighted by molar-refractivity contribution is 0.0990. The van der Waals surface area contributed by atoms with Gasteiger partial charge < -0.3 is 15.4 Å². The summed E-state index contributed by atoms with van der Waals surface area (Å²) in [6, 6.07) is 7.22. The molecule has 0 atom stereocenters. The van der Waals surface area contributed by atoms with Gasteiger partial charge in [0.2, 0.25) is 5.88 Å². The normalized spacial score (nSPS) is 11.5. The molecular formula is C16H12Cl3N5O2. The lowest BCUT2D eigenvalue weighted by Gasteiger charge is -2.05. The lowest BCUT2D eigenvalue weighted by Crippen LogP contribution is -2.03. The molecule has 0 saturated heterocycles. The number of carbonyl (C=O) groups is 1. The molecule has 0 aliphatic carbocycles. The van der Waals surface area contributed by atoms with Gasteiger partial charge >= 0.3 is 5.91 Å². The van der Waals surface area contributed by atoms with Crippen molar-refractivity contribution in [1.29, 1.82) is 0 Å². The second kappa shape index (κ2) is 7.11. The van der Waals surface area contributed by atoms with Crippen molar-refractivity contribution >= 4 is 63.0 Å². The summed E-state index contributed by atoms with van der Waals surface area (Å²) in [4.78, 5) is 16.1. The van der Waals surface area contributed by atoms with E-state index in [9.17, 15) is 9.90 Å². The van der Waals surface area contributed by atoms with Crippen LogP contribution in [-0.2, 0) is 6.54 Å². The number of pyridine rings is 1. The van der Waals surface area contributed by atoms with E-state index < -0.39 is 5.91 Å². The first-order valence-corrected chi connectivity index (χ1v) is 8.56. The number of fused-ring (bicyclic) bond motifs is 1. The number of aryl methyl sites for hydroxylation is 1. The van der Waals surface area contributed by atoms with Gasteiger partial charge in [-0.2, -0.15) is 0 Å². The van der Waals surface area contributed by atoms with E-state index in [4.69, 9.17) is 40.5 Å². The number of benzene rings is 1. The first-order chi connectivity index (χ1) is 12.4. The Kier molecular flexibility index (Phi) is 5.04. The third kappa shape index (κ3) is 2.98. The van der Waals surface area contributed by atoms with E-state index in [-0.39, 0.29) is 38.1 Å². The van der Waals surface area contributed by atoms with Crippen LogP contribution >= 0.6 is 34.8 Å². The first kappa shape index (κ1) is 18.4. The Morgan fingerprint density at radius 3 is 2.65 bits per heavy atom. The zero-order valence-corrected chi connectivity index (χ0v) is 15.6. The van der Waals surface area contributed by atoms with Crippen LogP contribution in [0.4, 0.5) is 11.4 Å². The van der Waals surface area contributed by atoms with Crippen LogP contribution in [0.3, 0.4) is 0 Å². The number of hydrogen-bond donors (Lipinski definition) is 2. The lowest BCUT2D eigenvalue weighted by atomic mass is 10.2. The standard InChI is InChI=1S/C16H12Cl3N5O2/c1-2-24-8-6-4-3-5-7(8)12(16(24)26)22-23-15(25)13-9(17)11(20)10(18)14(19)21-13/h3-6,26H,2H2,1H3,(H2,20,21). The van der Waals surface area contributed by atoms with Gasteiger partial charge in [-0.1, -0.05) is 53.0 Å². The molecule has 134 valence electrons. The van der Waals surface area contributed by atoms with Crippen molar-refractivity contribution in [1.82, 2.24) is 9.55 Å². The topological polar surface area (TPSA) is 106 Å². The van der Waals surface area contributed by atoms with Gasteiger partial charge in [-0.05, 0) is 13.0 Å². The minimum absolute atomic E-state index is 0.0474. The fraction of sp³-hybridized carbons (Fsp3) is 0.125. The monoisotopic (exact) mass is 411 g/mol. The third-order valence-electron chi connectivity index (χ3n) is 3.75. The average Bonchev–Trinajstić information content (AvgIpc) is 2.91. The summed E-state index contributed by atoms with van der Waals surface area (Å²) < 4.78 is 1.65. The number of para-hydroxylation sites is 1. The van der Waals surface area contributed by atoms with Crippen LogP contribution in [-0.4, -0.2) is 20.6 Å². The van der Waals surface area contributed by atoms with Crippen molar-refractivity contribution in [3.05, 3.63) is 45.2 Å². The number of aromatic hydroxyl groups is 1. The van der Waals surface area contributed by atoms with Crippen molar-refractivity contribution in [3.63, 3.8) is 0 Å². The number of nitrogens with two attached hydrogens (primary N) is 1. The van der Waals surface area contributed by atoms with E-state index in [2.05, 4.69) is 15.2 Å². The summed E-state index contributed by atoms with van der Waals surface area (Å²) in [6.45, 7) is 2.40. The molecule has 0 fully saturated rings. The Labute approximate surface area is 163 Å². The zero-order chi connectivity index (χ0) is 19.0. The summed E-state index contributed by atoms with van der Waals surface area (Å²) >= 11 is 17.7. The molecule has 0 saturated carbocycles. The van der Waals surface area contributed by atoms with Crippen LogP contribution in [0.5, 0.6) is 5.88 Å². The maximum atomic E-state index is 12.3. The summed E-state index contributed by atoms with van der Waals surface area (Å²) in [5.74, 6) is -0.967. The second-order valence-electron chi connectivity index (χ2n) is 5.23. The Bertz CT molecular complexity index is 1060. The second-order valence-corrected chi connectivity index (χ2v) is 6.35. The number of azo groups is 1. The summed E-state index contributed by atoms with van der Waals surface area (Å²) in [7, 11) is 0. The molecular weight excluding hydrogens is 401 g/mol. The van der Waals surface area contributed by atoms with Crippen LogP contribution in [0, 0.1) is 0 Å². The van der Waals surface area contributed by atoms with Crippen LogP contribution in [0.1, 0.15) is 17.4 Å². The van der Waals surface area contributed by atoms with Gasteiger partial charge in [0.1, 0.15) is 5.02 Å². The van der Waals surface area contributed by atoms with E-state index >= 15 is 0 Å². The highest BCUT2D eigenvalue weighted by Crippen LogP contribution is 2.39. The van der Waals surface area contributed by atoms with Crippen LogP contribution in [0.2, 0.25) is 15.2 Å². The number of amides is 1. The molecule has 2 heterocycles. The molecule has 0 bridgehead atoms. The van der Waals surface area contributed by atoms with Crippen molar-refractivity contribution in [2.75, 3.05) is 5.73 Å². The van der Waals surface area contributed by atoms with Crippen LogP contribution < -0.4 is 5.73 Å². The van der Waals surface area contributed by atoms with Gasteiger partial charge in [-0.25, -0.2) is 4.98 Å². The molecule has 1 aromatic carbocycles. The Balaban J connectivity index is 2.06. The van der Waals surface area contributed by atoms with Crippen molar-refractivity contribution < 1.29 is 9.90 Å². The molecule has 0 unspecified atom stereocenters. The smallest absolute Gasteiger partial charge is 0.315 e. The average molecular weight is 413 g/mol. The minimum Gasteiger partial charge on any atom is -0.493 e. The number of anilines is 1. The largest absolute Gasteiger partial charge is 0.493 e. The van der Waals surface area contributed by atoms with Gasteiger partial charge in [-0.3, -0.25) is 4.79 Å². The number of nitrogen functional groups attached to an aromatic ring is 1. The maximum absolute atomic E-state index is 12.3. The third-order valence-corrected chi connectivity index (χ3v) is 4.88. The van der Waals surface area contributed by atoms with Gasteiger partial charge in [0, 0.05) is 11.9 Å². The van der Waals surface area contributed by atoms with Gasteiger partial charge in [0.25, 0.3) is 0 Å². The van der Waals surface area contributed by atoms with E-state index in [1.165, 1.54) is 0 Å². The summed E-state index contributed by atoms with van der Waals surface area (Å²) in [5.41, 5.74) is 6.28. The molecule has 26 heavy (non-hydrogen) atoms. The molecule has 0 aliphatic heterocycles. The fourth-order valence-electron chi connectivity index (χ4n) is 2.51. The number of hydrogen-bond acceptors (Lipinski definition) is 5. The number of aromatic nitrogens is 2. The van der Waals surface area contributed by atoms with Crippen LogP contribution in [0.15, 0.2) is 34.5 Å². The number of carbonyl (C=O) groups excluding carboxylic acids is 1. The number of nitrogens with zero attached hydrogens (tertiary/aromatic N) is 4. The molecule has 0 radical (unpaired) electrons. The molecule has 0 aliphatic rings. The maximum Gasteiger partial charge on any atom is 0.315 e. The molecule has 10 heteroatoms. The highest BCUT2D eigenvalue weighted by Gasteiger charge is 2.21. The Morgan fingerprint density at radius 1 is 1.27 bits per heavy atom. The molecule has 3 N–H and O–H groups in total. The molecule has 0 spiro atoms. The summed E-state index contributed by atoms with van der Waals surface area (Å²) in [5, 5.41) is 18.1. The van der Waals surface area contributed by atoms with Crippen molar-refractivity contribution in [3.8, 4) is 5.88 Å². The van der Waals surface area contributed by atoms with Gasteiger partial charge in [0.05, 0.1) is 16.2 Å². The molecule has 3 aromatic rings. The quantitative estimate of drug-likeness (QED) is 0.454. The predicted molar refractivity (Wildman–Crippen MR) is 102 cm³/mol. The SMILES string of the molecule is CCn1c(O)c(N=NC(=O)c2nc(Cl)c(Cl)c(N)c2Cl)c2ccccc21. The van der Waals surface area contributed by atoms with E-state index in [1.807, 2.05) is 19.1 Å². The molecule has 7 nitrogen and oxygen atoms in total. The number of halogens is 3. The highest BCUT2D eigenvalue weighted by atomic mass is 35.5. The highest BCUT2D eigenvalue weighted by molar-refractivity contribution is 6.46. The van der Waals surface area contributed by atoms with Gasteiger partial charge in [0.15, 0.2) is 16.5 Å². The van der Waals surface area contributed by atoms with Crippen LogP contribution in [0.25, 0.3) is 10.9 Å². The fourth-order valence-corrected chi connectivity index (χ4v) is 3.10. The Hall–Kier alpha value is -2.35. The van der Waals surface area contributed by atoms with Crippen molar-refractivity contribution in [2.24, 2.45) is 10.2 Å². The first-order valence-electron chi connectivity index (χ1n) is 7.43. The van der Waals surface area contributed by atoms with E-state index in [1.54, 1.807) is 16.7 Å². The van der Waals surface area contributed by atoms with E-state index in [0.717, 1.165) is 5.52 Å². The molecule has 2 aromatic heterocycles. The van der Waals surface area contributed by atoms with E-state index in [0.29, 0.717) is 11.9 Å². The van der Waals surface area contributed by atoms with Crippen molar-refractivity contribution in [2.45, 2.75) is 13.5 Å². The molecule has 3 rings (SSSR count). The number of rotatable bonds is 3. The Morgan fingerprint density at radius 2 is 1.96 bits per heavy atom. The zero-order valence-electron chi connectivity index (χ0n) is 13.4.